The minimum absolute atomic E-state index is 0.153. The van der Waals surface area contributed by atoms with E-state index in [0.717, 1.165) is 16.0 Å². The topological polar surface area (TPSA) is 115 Å². The van der Waals surface area contributed by atoms with Gasteiger partial charge in [0.25, 0.3) is 5.91 Å². The second kappa shape index (κ2) is 9.50. The van der Waals surface area contributed by atoms with Crippen LogP contribution in [-0.2, 0) is 22.4 Å². The van der Waals surface area contributed by atoms with Gasteiger partial charge in [0.1, 0.15) is 12.1 Å². The number of benzene rings is 2. The number of imide groups is 1. The Balaban J connectivity index is 1.31. The number of hydrogen-bond donors (Lipinski definition) is 2. The third-order valence-electron chi connectivity index (χ3n) is 5.83. The smallest absolute Gasteiger partial charge is 0.325 e. The van der Waals surface area contributed by atoms with Crippen LogP contribution in [0.2, 0.25) is 0 Å². The molecule has 1 fully saturated rings. The molecule has 2 N–H and O–H groups in total. The number of rotatable bonds is 9. The van der Waals surface area contributed by atoms with E-state index >= 15 is 0 Å². The molecule has 0 saturated carbocycles. The van der Waals surface area contributed by atoms with Crippen LogP contribution >= 0.6 is 0 Å². The number of carbonyl (C=O) groups is 3. The van der Waals surface area contributed by atoms with Crippen molar-refractivity contribution in [1.82, 2.24) is 15.5 Å². The summed E-state index contributed by atoms with van der Waals surface area (Å²) in [6, 6.07) is 10.3. The monoisotopic (exact) mass is 469 g/mol. The number of fused-ring (bicyclic) bond motifs is 1. The van der Waals surface area contributed by atoms with Gasteiger partial charge in [-0.1, -0.05) is 12.1 Å². The Morgan fingerprint density at radius 3 is 2.56 bits per heavy atom. The molecule has 1 saturated heterocycles. The Hall–Kier alpha value is -3.95. The van der Waals surface area contributed by atoms with E-state index in [1.54, 1.807) is 39.3 Å². The number of methoxy groups -OCH3 is 2. The second-order valence-corrected chi connectivity index (χ2v) is 8.31. The first-order valence-electron chi connectivity index (χ1n) is 10.8. The summed E-state index contributed by atoms with van der Waals surface area (Å²) in [6.45, 7) is 1.78. The Bertz CT molecular complexity index is 1120. The highest BCUT2D eigenvalue weighted by Gasteiger charge is 2.48. The van der Waals surface area contributed by atoms with Gasteiger partial charge in [0.2, 0.25) is 12.7 Å². The van der Waals surface area contributed by atoms with E-state index in [1.807, 2.05) is 18.2 Å². The second-order valence-electron chi connectivity index (χ2n) is 8.31. The Morgan fingerprint density at radius 1 is 1.06 bits per heavy atom. The minimum Gasteiger partial charge on any atom is -0.493 e. The highest BCUT2D eigenvalue weighted by Crippen LogP contribution is 2.34. The van der Waals surface area contributed by atoms with Gasteiger partial charge in [-0.05, 0) is 48.7 Å². The molecule has 10 nitrogen and oxygen atoms in total. The van der Waals surface area contributed by atoms with Crippen LogP contribution in [0.15, 0.2) is 36.4 Å². The Morgan fingerprint density at radius 2 is 1.79 bits per heavy atom. The highest BCUT2D eigenvalue weighted by molar-refractivity contribution is 6.08. The van der Waals surface area contributed by atoms with Crippen molar-refractivity contribution in [2.24, 2.45) is 0 Å². The molecule has 4 rings (SSSR count). The van der Waals surface area contributed by atoms with Crippen molar-refractivity contribution >= 4 is 17.8 Å². The van der Waals surface area contributed by atoms with Crippen molar-refractivity contribution in [2.45, 2.75) is 25.3 Å². The van der Waals surface area contributed by atoms with Gasteiger partial charge >= 0.3 is 6.03 Å². The number of hydrogen-bond acceptors (Lipinski definition) is 7. The molecule has 0 radical (unpaired) electrons. The zero-order valence-corrected chi connectivity index (χ0v) is 19.3. The molecule has 0 aliphatic carbocycles. The number of urea groups is 1. The van der Waals surface area contributed by atoms with Crippen molar-refractivity contribution in [3.8, 4) is 23.0 Å². The third kappa shape index (κ3) is 4.70. The molecular formula is C24H27N3O7. The average molecular weight is 469 g/mol. The third-order valence-corrected chi connectivity index (χ3v) is 5.83. The van der Waals surface area contributed by atoms with Gasteiger partial charge in [-0.2, -0.15) is 0 Å². The largest absolute Gasteiger partial charge is 0.493 e. The summed E-state index contributed by atoms with van der Waals surface area (Å²) in [5.74, 6) is 1.59. The average Bonchev–Trinajstić information content (AvgIpc) is 3.36. The molecule has 2 heterocycles. The number of ether oxygens (including phenoxy) is 4. The van der Waals surface area contributed by atoms with E-state index in [4.69, 9.17) is 18.9 Å². The first kappa shape index (κ1) is 23.2. The molecule has 34 heavy (non-hydrogen) atoms. The van der Waals surface area contributed by atoms with E-state index in [0.29, 0.717) is 36.0 Å². The molecule has 0 aromatic heterocycles. The molecule has 4 amide bonds. The summed E-state index contributed by atoms with van der Waals surface area (Å²) < 4.78 is 21.2. The quantitative estimate of drug-likeness (QED) is 0.537. The van der Waals surface area contributed by atoms with Crippen molar-refractivity contribution in [2.75, 3.05) is 34.1 Å². The zero-order chi connectivity index (χ0) is 24.3. The Labute approximate surface area is 197 Å². The summed E-state index contributed by atoms with van der Waals surface area (Å²) >= 11 is 0. The van der Waals surface area contributed by atoms with Gasteiger partial charge in [0.05, 0.1) is 14.2 Å². The fraction of sp³-hybridized carbons (Fsp3) is 0.375. The normalized spacial score (nSPS) is 18.6. The van der Waals surface area contributed by atoms with Gasteiger partial charge in [-0.25, -0.2) is 4.79 Å². The van der Waals surface area contributed by atoms with Gasteiger partial charge in [-0.15, -0.1) is 0 Å². The van der Waals surface area contributed by atoms with Crippen molar-refractivity contribution in [3.63, 3.8) is 0 Å². The predicted octanol–water partition coefficient (Wildman–Crippen LogP) is 1.64. The van der Waals surface area contributed by atoms with Gasteiger partial charge in [0, 0.05) is 13.0 Å². The van der Waals surface area contributed by atoms with Crippen LogP contribution in [-0.4, -0.2) is 62.4 Å². The Kier molecular flexibility index (Phi) is 6.49. The molecule has 2 aliphatic rings. The van der Waals surface area contributed by atoms with Crippen LogP contribution < -0.4 is 29.6 Å². The maximum Gasteiger partial charge on any atom is 0.325 e. The van der Waals surface area contributed by atoms with E-state index in [9.17, 15) is 14.4 Å². The van der Waals surface area contributed by atoms with Crippen molar-refractivity contribution in [3.05, 3.63) is 47.5 Å². The SMILES string of the molecule is COc1ccc(CCNC(=O)CN2C(=O)NC(C)(Cc3ccc4c(c3)OCO4)C2=O)cc1OC. The minimum atomic E-state index is -1.16. The standard InChI is InChI=1S/C24H27N3O7/c1-24(12-16-5-7-18-20(11-16)34-14-33-18)22(29)27(23(30)26-24)13-21(28)25-9-8-15-4-6-17(31-2)19(10-15)32-3/h4-7,10-11H,8-9,12-14H2,1-3H3,(H,25,28)(H,26,30). The fourth-order valence-electron chi connectivity index (χ4n) is 4.05. The van der Waals surface area contributed by atoms with Crippen LogP contribution in [0.25, 0.3) is 0 Å². The molecule has 1 atom stereocenters. The first-order valence-corrected chi connectivity index (χ1v) is 10.8. The zero-order valence-electron chi connectivity index (χ0n) is 19.3. The summed E-state index contributed by atoms with van der Waals surface area (Å²) in [6.07, 6.45) is 0.805. The highest BCUT2D eigenvalue weighted by atomic mass is 16.7. The molecule has 2 aromatic carbocycles. The summed E-state index contributed by atoms with van der Waals surface area (Å²) in [4.78, 5) is 38.9. The van der Waals surface area contributed by atoms with Crippen LogP contribution in [0.5, 0.6) is 23.0 Å². The summed E-state index contributed by atoms with van der Waals surface area (Å²) in [7, 11) is 3.12. The summed E-state index contributed by atoms with van der Waals surface area (Å²) in [5.41, 5.74) is 0.593. The van der Waals surface area contributed by atoms with Crippen molar-refractivity contribution < 1.29 is 33.3 Å². The van der Waals surface area contributed by atoms with E-state index in [1.165, 1.54) is 0 Å². The van der Waals surface area contributed by atoms with E-state index in [-0.39, 0.29) is 19.8 Å². The first-order chi connectivity index (χ1) is 16.3. The molecule has 1 unspecified atom stereocenters. The molecule has 2 aromatic rings. The summed E-state index contributed by atoms with van der Waals surface area (Å²) in [5, 5.41) is 5.47. The molecule has 10 heteroatoms. The lowest BCUT2D eigenvalue weighted by Gasteiger charge is -2.22. The van der Waals surface area contributed by atoms with E-state index < -0.39 is 23.4 Å². The number of nitrogens with one attached hydrogen (secondary N) is 2. The van der Waals surface area contributed by atoms with Crippen LogP contribution in [0.3, 0.4) is 0 Å². The lowest BCUT2D eigenvalue weighted by atomic mass is 9.92. The number of carbonyl (C=O) groups excluding carboxylic acids is 3. The molecule has 0 spiro atoms. The number of nitrogens with zero attached hydrogens (tertiary/aromatic N) is 1. The van der Waals surface area contributed by atoms with Gasteiger partial charge in [0.15, 0.2) is 23.0 Å². The van der Waals surface area contributed by atoms with Crippen LogP contribution in [0.1, 0.15) is 18.1 Å². The lowest BCUT2D eigenvalue weighted by Crippen LogP contribution is -2.47. The van der Waals surface area contributed by atoms with Crippen LogP contribution in [0.4, 0.5) is 4.79 Å². The number of amides is 4. The van der Waals surface area contributed by atoms with Gasteiger partial charge < -0.3 is 29.6 Å². The maximum atomic E-state index is 13.0. The fourth-order valence-corrected chi connectivity index (χ4v) is 4.05. The molecule has 2 aliphatic heterocycles. The van der Waals surface area contributed by atoms with Gasteiger partial charge in [-0.3, -0.25) is 14.5 Å². The lowest BCUT2D eigenvalue weighted by molar-refractivity contribution is -0.134. The molecule has 180 valence electrons. The predicted molar refractivity (Wildman–Crippen MR) is 121 cm³/mol. The van der Waals surface area contributed by atoms with Crippen LogP contribution in [0, 0.1) is 0 Å². The molecule has 0 bridgehead atoms. The molecular weight excluding hydrogens is 442 g/mol. The van der Waals surface area contributed by atoms with Crippen molar-refractivity contribution in [1.29, 1.82) is 0 Å². The maximum absolute atomic E-state index is 13.0. The van der Waals surface area contributed by atoms with E-state index in [2.05, 4.69) is 10.6 Å².